The number of nitrogens with zero attached hydrogens (tertiary/aromatic N) is 2. The summed E-state index contributed by atoms with van der Waals surface area (Å²) in [5.74, 6) is 1.26. The summed E-state index contributed by atoms with van der Waals surface area (Å²) < 4.78 is 18.8. The fraction of sp³-hybridized carbons (Fsp3) is 0.462. The predicted octanol–water partition coefficient (Wildman–Crippen LogP) is 5.33. The van der Waals surface area contributed by atoms with E-state index in [-0.39, 0.29) is 17.8 Å². The van der Waals surface area contributed by atoms with Crippen LogP contribution in [0.5, 0.6) is 5.75 Å². The van der Waals surface area contributed by atoms with Crippen molar-refractivity contribution in [3.63, 3.8) is 0 Å². The summed E-state index contributed by atoms with van der Waals surface area (Å²) in [6.45, 7) is 0.886. The lowest BCUT2D eigenvalue weighted by Crippen LogP contribution is -2.37. The van der Waals surface area contributed by atoms with E-state index in [1.807, 2.05) is 29.2 Å². The molecule has 1 fully saturated rings. The van der Waals surface area contributed by atoms with Crippen LogP contribution in [-0.2, 0) is 16.2 Å². The van der Waals surface area contributed by atoms with E-state index >= 15 is 0 Å². The highest BCUT2D eigenvalue weighted by Gasteiger charge is 2.28. The Bertz CT molecular complexity index is 938. The Hall–Kier alpha value is -2.89. The van der Waals surface area contributed by atoms with E-state index in [1.165, 1.54) is 37.8 Å². The summed E-state index contributed by atoms with van der Waals surface area (Å²) in [6.07, 6.45) is 6.88. The van der Waals surface area contributed by atoms with Gasteiger partial charge in [-0.15, -0.1) is 0 Å². The summed E-state index contributed by atoms with van der Waals surface area (Å²) >= 11 is 0. The van der Waals surface area contributed by atoms with Crippen molar-refractivity contribution in [3.8, 4) is 5.75 Å². The van der Waals surface area contributed by atoms with Gasteiger partial charge in [-0.3, -0.25) is 4.79 Å². The van der Waals surface area contributed by atoms with E-state index in [2.05, 4.69) is 5.16 Å². The largest absolute Gasteiger partial charge is 0.496 e. The number of halogens is 1. The normalized spacial score (nSPS) is 18.3. The van der Waals surface area contributed by atoms with Crippen molar-refractivity contribution in [1.82, 2.24) is 4.90 Å². The predicted molar refractivity (Wildman–Crippen MR) is 122 cm³/mol. The maximum absolute atomic E-state index is 13.3. The fourth-order valence-corrected chi connectivity index (χ4v) is 4.66. The van der Waals surface area contributed by atoms with Gasteiger partial charge < -0.3 is 14.5 Å². The van der Waals surface area contributed by atoms with Crippen molar-refractivity contribution in [1.29, 1.82) is 0 Å². The highest BCUT2D eigenvalue weighted by Crippen LogP contribution is 2.29. The molecular formula is C26H31FN2O3. The molecule has 0 aromatic heterocycles. The zero-order valence-electron chi connectivity index (χ0n) is 18.6. The van der Waals surface area contributed by atoms with E-state index in [0.29, 0.717) is 31.8 Å². The first-order chi connectivity index (χ1) is 15.6. The van der Waals surface area contributed by atoms with Crippen LogP contribution in [0.4, 0.5) is 4.39 Å². The van der Waals surface area contributed by atoms with Gasteiger partial charge in [0.15, 0.2) is 6.10 Å². The number of carbonyl (C=O) groups excluding carboxylic acids is 1. The van der Waals surface area contributed by atoms with Crippen molar-refractivity contribution < 1.29 is 18.8 Å². The van der Waals surface area contributed by atoms with Crippen molar-refractivity contribution in [2.75, 3.05) is 13.7 Å². The van der Waals surface area contributed by atoms with Gasteiger partial charge in [0.2, 0.25) is 5.91 Å². The number of methoxy groups -OCH3 is 1. The molecule has 1 heterocycles. The molecule has 170 valence electrons. The molecule has 4 rings (SSSR count). The van der Waals surface area contributed by atoms with Crippen molar-refractivity contribution in [2.45, 2.75) is 57.6 Å². The number of oxime groups is 1. The lowest BCUT2D eigenvalue weighted by atomic mass is 10.0. The SMILES string of the molecule is COc1ccccc1C1=NOC(CN(Cc2ccc(F)cc2)C(=O)CCC2CCCC2)C1. The van der Waals surface area contributed by atoms with Crippen molar-refractivity contribution in [3.05, 3.63) is 65.5 Å². The molecule has 1 amide bonds. The quantitative estimate of drug-likeness (QED) is 0.532. The molecule has 0 saturated heterocycles. The molecule has 32 heavy (non-hydrogen) atoms. The lowest BCUT2D eigenvalue weighted by Gasteiger charge is -2.25. The van der Waals surface area contributed by atoms with Gasteiger partial charge in [0.05, 0.1) is 19.4 Å². The Morgan fingerprint density at radius 3 is 2.66 bits per heavy atom. The molecule has 6 heteroatoms. The number of amides is 1. The Morgan fingerprint density at radius 2 is 1.91 bits per heavy atom. The summed E-state index contributed by atoms with van der Waals surface area (Å²) in [4.78, 5) is 20.7. The number of para-hydroxylation sites is 1. The zero-order chi connectivity index (χ0) is 22.3. The van der Waals surface area contributed by atoms with Gasteiger partial charge in [-0.2, -0.15) is 0 Å². The molecule has 2 aliphatic rings. The molecule has 1 atom stereocenters. The molecule has 0 N–H and O–H groups in total. The molecule has 0 radical (unpaired) electrons. The van der Waals surface area contributed by atoms with E-state index in [1.54, 1.807) is 19.2 Å². The van der Waals surface area contributed by atoms with Gasteiger partial charge in [0, 0.05) is 24.9 Å². The van der Waals surface area contributed by atoms with Gasteiger partial charge >= 0.3 is 0 Å². The molecule has 0 spiro atoms. The Labute approximate surface area is 189 Å². The van der Waals surface area contributed by atoms with Gasteiger partial charge in [0.1, 0.15) is 11.6 Å². The molecule has 2 aromatic rings. The summed E-state index contributed by atoms with van der Waals surface area (Å²) in [6, 6.07) is 14.1. The molecule has 1 aliphatic heterocycles. The van der Waals surface area contributed by atoms with E-state index in [0.717, 1.165) is 29.0 Å². The maximum atomic E-state index is 13.3. The van der Waals surface area contributed by atoms with Crippen molar-refractivity contribution in [2.24, 2.45) is 11.1 Å². The summed E-state index contributed by atoms with van der Waals surface area (Å²) in [5, 5.41) is 4.29. The third kappa shape index (κ3) is 5.67. The van der Waals surface area contributed by atoms with E-state index < -0.39 is 0 Å². The minimum atomic E-state index is -0.276. The first-order valence-electron chi connectivity index (χ1n) is 11.5. The zero-order valence-corrected chi connectivity index (χ0v) is 18.6. The van der Waals surface area contributed by atoms with Gasteiger partial charge in [-0.1, -0.05) is 55.1 Å². The third-order valence-corrected chi connectivity index (χ3v) is 6.46. The Balaban J connectivity index is 1.41. The minimum Gasteiger partial charge on any atom is -0.496 e. The van der Waals surface area contributed by atoms with Crippen LogP contribution >= 0.6 is 0 Å². The number of carbonyl (C=O) groups is 1. The number of ether oxygens (including phenoxy) is 1. The molecular weight excluding hydrogens is 407 g/mol. The molecule has 1 unspecified atom stereocenters. The topological polar surface area (TPSA) is 51.1 Å². The Kier molecular flexibility index (Phi) is 7.40. The second-order valence-electron chi connectivity index (χ2n) is 8.76. The fourth-order valence-electron chi connectivity index (χ4n) is 4.66. The second-order valence-corrected chi connectivity index (χ2v) is 8.76. The van der Waals surface area contributed by atoms with Crippen LogP contribution in [0.1, 0.15) is 56.1 Å². The monoisotopic (exact) mass is 438 g/mol. The third-order valence-electron chi connectivity index (χ3n) is 6.46. The first-order valence-corrected chi connectivity index (χ1v) is 11.5. The maximum Gasteiger partial charge on any atom is 0.223 e. The van der Waals surface area contributed by atoms with Crippen LogP contribution in [0.15, 0.2) is 53.7 Å². The Morgan fingerprint density at radius 1 is 1.16 bits per heavy atom. The number of benzene rings is 2. The van der Waals surface area contributed by atoms with Gasteiger partial charge in [-0.05, 0) is 42.2 Å². The lowest BCUT2D eigenvalue weighted by molar-refractivity contribution is -0.134. The molecule has 2 aromatic carbocycles. The van der Waals surface area contributed by atoms with E-state index in [4.69, 9.17) is 9.57 Å². The average molecular weight is 439 g/mol. The highest BCUT2D eigenvalue weighted by molar-refractivity contribution is 6.03. The number of hydrogen-bond donors (Lipinski definition) is 0. The van der Waals surface area contributed by atoms with Crippen LogP contribution in [0.3, 0.4) is 0 Å². The summed E-state index contributed by atoms with van der Waals surface area (Å²) in [7, 11) is 1.64. The molecule has 1 saturated carbocycles. The minimum absolute atomic E-state index is 0.121. The molecule has 1 aliphatic carbocycles. The molecule has 5 nitrogen and oxygen atoms in total. The number of hydrogen-bond acceptors (Lipinski definition) is 4. The van der Waals surface area contributed by atoms with Gasteiger partial charge in [-0.25, -0.2) is 4.39 Å². The first kappa shape index (κ1) is 22.3. The van der Waals surface area contributed by atoms with E-state index in [9.17, 15) is 9.18 Å². The molecule has 0 bridgehead atoms. The van der Waals surface area contributed by atoms with Crippen LogP contribution in [0.2, 0.25) is 0 Å². The standard InChI is InChI=1S/C26H31FN2O3/c1-31-25-9-5-4-8-23(25)24-16-22(32-28-24)18-29(17-20-10-13-21(27)14-11-20)26(30)15-12-19-6-2-3-7-19/h4-5,8-11,13-14,19,22H,2-3,6-7,12,15-18H2,1H3. The van der Waals surface area contributed by atoms with Gasteiger partial charge in [0.25, 0.3) is 0 Å². The average Bonchev–Trinajstić information content (AvgIpc) is 3.50. The number of rotatable bonds is 9. The van der Waals surface area contributed by atoms with Crippen LogP contribution in [-0.4, -0.2) is 36.3 Å². The second kappa shape index (κ2) is 10.6. The van der Waals surface area contributed by atoms with Crippen LogP contribution in [0, 0.1) is 11.7 Å². The van der Waals surface area contributed by atoms with Crippen LogP contribution < -0.4 is 4.74 Å². The van der Waals surface area contributed by atoms with Crippen LogP contribution in [0.25, 0.3) is 0 Å². The smallest absolute Gasteiger partial charge is 0.223 e. The highest BCUT2D eigenvalue weighted by atomic mass is 19.1. The summed E-state index contributed by atoms with van der Waals surface area (Å²) in [5.41, 5.74) is 2.65. The van der Waals surface area contributed by atoms with Crippen molar-refractivity contribution >= 4 is 11.6 Å².